The van der Waals surface area contributed by atoms with E-state index in [1.807, 2.05) is 6.20 Å². The van der Waals surface area contributed by atoms with Crippen LogP contribution in [0.1, 0.15) is 44.9 Å². The van der Waals surface area contributed by atoms with Crippen molar-refractivity contribution in [3.63, 3.8) is 0 Å². The number of hydrogen-bond acceptors (Lipinski definition) is 3. The van der Waals surface area contributed by atoms with Gasteiger partial charge in [-0.2, -0.15) is 0 Å². The lowest BCUT2D eigenvalue weighted by molar-refractivity contribution is 0.266. The third kappa shape index (κ3) is 4.92. The maximum atomic E-state index is 4.59. The average molecular weight is 261 g/mol. The van der Waals surface area contributed by atoms with Crippen molar-refractivity contribution in [3.8, 4) is 0 Å². The maximum absolute atomic E-state index is 4.59. The summed E-state index contributed by atoms with van der Waals surface area (Å²) in [7, 11) is 0. The zero-order valence-electron chi connectivity index (χ0n) is 12.5. The molecular weight excluding hydrogens is 234 g/mol. The fourth-order valence-electron chi connectivity index (χ4n) is 2.31. The van der Waals surface area contributed by atoms with Crippen LogP contribution in [0.5, 0.6) is 0 Å². The van der Waals surface area contributed by atoms with Gasteiger partial charge >= 0.3 is 0 Å². The third-order valence-electron chi connectivity index (χ3n) is 3.60. The fourth-order valence-corrected chi connectivity index (χ4v) is 2.31. The average Bonchev–Trinajstić information content (AvgIpc) is 3.21. The molecule has 3 heteroatoms. The van der Waals surface area contributed by atoms with Gasteiger partial charge in [0.2, 0.25) is 0 Å². The molecule has 0 aromatic carbocycles. The standard InChI is InChI=1S/C16H27N3/c1-4-19(16-7-8-16)12-15-6-5-14(11-18-15)10-17-9-13(2)3/h5-6,11,13,16-17H,4,7-10,12H2,1-3H3. The molecule has 0 saturated heterocycles. The smallest absolute Gasteiger partial charge is 0.0544 e. The Kier molecular flexibility index (Phi) is 5.34. The molecule has 1 aromatic rings. The molecule has 106 valence electrons. The fraction of sp³-hybridized carbons (Fsp3) is 0.688. The summed E-state index contributed by atoms with van der Waals surface area (Å²) in [5, 5.41) is 3.45. The molecule has 3 nitrogen and oxygen atoms in total. The summed E-state index contributed by atoms with van der Waals surface area (Å²) in [5.74, 6) is 0.698. The van der Waals surface area contributed by atoms with Crippen LogP contribution in [0.4, 0.5) is 0 Å². The van der Waals surface area contributed by atoms with E-state index in [-0.39, 0.29) is 0 Å². The van der Waals surface area contributed by atoms with Crippen LogP contribution in [0.25, 0.3) is 0 Å². The van der Waals surface area contributed by atoms with E-state index in [0.717, 1.165) is 32.2 Å². The molecule has 0 radical (unpaired) electrons. The van der Waals surface area contributed by atoms with Crippen molar-refractivity contribution >= 4 is 0 Å². The minimum atomic E-state index is 0.698. The molecule has 2 rings (SSSR count). The van der Waals surface area contributed by atoms with Crippen LogP contribution in [0.15, 0.2) is 18.3 Å². The maximum Gasteiger partial charge on any atom is 0.0544 e. The molecule has 0 spiro atoms. The molecule has 0 aliphatic heterocycles. The lowest BCUT2D eigenvalue weighted by Gasteiger charge is -2.19. The predicted octanol–water partition coefficient (Wildman–Crippen LogP) is 2.81. The van der Waals surface area contributed by atoms with E-state index in [9.17, 15) is 0 Å². The second-order valence-electron chi connectivity index (χ2n) is 5.98. The molecule has 0 atom stereocenters. The summed E-state index contributed by atoms with van der Waals surface area (Å²) in [5.41, 5.74) is 2.47. The molecule has 1 N–H and O–H groups in total. The van der Waals surface area contributed by atoms with Gasteiger partial charge in [0.05, 0.1) is 5.69 Å². The summed E-state index contributed by atoms with van der Waals surface area (Å²) in [4.78, 5) is 7.12. The van der Waals surface area contributed by atoms with E-state index >= 15 is 0 Å². The van der Waals surface area contributed by atoms with Crippen molar-refractivity contribution in [2.75, 3.05) is 13.1 Å². The molecule has 0 bridgehead atoms. The highest BCUT2D eigenvalue weighted by molar-refractivity contribution is 5.14. The van der Waals surface area contributed by atoms with Crippen molar-refractivity contribution in [1.82, 2.24) is 15.2 Å². The van der Waals surface area contributed by atoms with Gasteiger partial charge in [0.1, 0.15) is 0 Å². The summed E-state index contributed by atoms with van der Waals surface area (Å²) < 4.78 is 0. The first-order valence-electron chi connectivity index (χ1n) is 7.57. The highest BCUT2D eigenvalue weighted by Gasteiger charge is 2.27. The molecule has 0 amide bonds. The Balaban J connectivity index is 1.80. The van der Waals surface area contributed by atoms with Gasteiger partial charge in [-0.15, -0.1) is 0 Å². The molecule has 1 saturated carbocycles. The quantitative estimate of drug-likeness (QED) is 0.780. The molecule has 1 aromatic heterocycles. The minimum absolute atomic E-state index is 0.698. The molecule has 19 heavy (non-hydrogen) atoms. The number of hydrogen-bond donors (Lipinski definition) is 1. The summed E-state index contributed by atoms with van der Waals surface area (Å²) in [6.45, 7) is 10.8. The number of pyridine rings is 1. The highest BCUT2D eigenvalue weighted by atomic mass is 15.2. The molecule has 1 aliphatic carbocycles. The normalized spacial score (nSPS) is 15.4. The molecule has 1 heterocycles. The summed E-state index contributed by atoms with van der Waals surface area (Å²) >= 11 is 0. The summed E-state index contributed by atoms with van der Waals surface area (Å²) in [6.07, 6.45) is 4.75. The lowest BCUT2D eigenvalue weighted by atomic mass is 10.2. The van der Waals surface area contributed by atoms with Crippen molar-refractivity contribution in [2.24, 2.45) is 5.92 Å². The Morgan fingerprint density at radius 3 is 2.68 bits per heavy atom. The Hall–Kier alpha value is -0.930. The van der Waals surface area contributed by atoms with Crippen LogP contribution in [0.3, 0.4) is 0 Å². The van der Waals surface area contributed by atoms with E-state index in [2.05, 4.69) is 48.1 Å². The third-order valence-corrected chi connectivity index (χ3v) is 3.60. The minimum Gasteiger partial charge on any atom is -0.312 e. The van der Waals surface area contributed by atoms with Gasteiger partial charge < -0.3 is 5.32 Å². The van der Waals surface area contributed by atoms with Gasteiger partial charge in [0.15, 0.2) is 0 Å². The highest BCUT2D eigenvalue weighted by Crippen LogP contribution is 2.27. The second-order valence-corrected chi connectivity index (χ2v) is 5.98. The first-order valence-corrected chi connectivity index (χ1v) is 7.57. The topological polar surface area (TPSA) is 28.2 Å². The van der Waals surface area contributed by atoms with Gasteiger partial charge in [-0.05, 0) is 43.5 Å². The number of nitrogens with one attached hydrogen (secondary N) is 1. The van der Waals surface area contributed by atoms with Crippen LogP contribution in [-0.4, -0.2) is 29.0 Å². The van der Waals surface area contributed by atoms with Gasteiger partial charge in [-0.3, -0.25) is 9.88 Å². The van der Waals surface area contributed by atoms with Crippen LogP contribution < -0.4 is 5.32 Å². The molecule has 1 fully saturated rings. The zero-order valence-corrected chi connectivity index (χ0v) is 12.5. The van der Waals surface area contributed by atoms with E-state index < -0.39 is 0 Å². The van der Waals surface area contributed by atoms with Gasteiger partial charge in [0.25, 0.3) is 0 Å². The monoisotopic (exact) mass is 261 g/mol. The largest absolute Gasteiger partial charge is 0.312 e. The van der Waals surface area contributed by atoms with Gasteiger partial charge in [-0.25, -0.2) is 0 Å². The van der Waals surface area contributed by atoms with Crippen molar-refractivity contribution in [2.45, 2.75) is 52.7 Å². The molecule has 0 unspecified atom stereocenters. The molecule has 1 aliphatic rings. The van der Waals surface area contributed by atoms with E-state index in [1.54, 1.807) is 0 Å². The molecular formula is C16H27N3. The van der Waals surface area contributed by atoms with Gasteiger partial charge in [0, 0.05) is 25.3 Å². The number of nitrogens with zero attached hydrogens (tertiary/aromatic N) is 2. The zero-order chi connectivity index (χ0) is 13.7. The Morgan fingerprint density at radius 2 is 2.16 bits per heavy atom. The van der Waals surface area contributed by atoms with Crippen LogP contribution in [-0.2, 0) is 13.1 Å². The second kappa shape index (κ2) is 7.01. The van der Waals surface area contributed by atoms with Crippen molar-refractivity contribution in [1.29, 1.82) is 0 Å². The van der Waals surface area contributed by atoms with E-state index in [4.69, 9.17) is 0 Å². The van der Waals surface area contributed by atoms with Crippen LogP contribution >= 0.6 is 0 Å². The Morgan fingerprint density at radius 1 is 1.37 bits per heavy atom. The first-order chi connectivity index (χ1) is 9.19. The SMILES string of the molecule is CCN(Cc1ccc(CNCC(C)C)cn1)C1CC1. The first kappa shape index (κ1) is 14.5. The van der Waals surface area contributed by atoms with Crippen molar-refractivity contribution < 1.29 is 0 Å². The van der Waals surface area contributed by atoms with Crippen molar-refractivity contribution in [3.05, 3.63) is 29.6 Å². The number of rotatable bonds is 8. The van der Waals surface area contributed by atoms with E-state index in [0.29, 0.717) is 5.92 Å². The van der Waals surface area contributed by atoms with Crippen LogP contribution in [0.2, 0.25) is 0 Å². The van der Waals surface area contributed by atoms with E-state index in [1.165, 1.54) is 24.1 Å². The van der Waals surface area contributed by atoms with Gasteiger partial charge in [-0.1, -0.05) is 26.8 Å². The number of aromatic nitrogens is 1. The Bertz CT molecular complexity index is 368. The predicted molar refractivity (Wildman–Crippen MR) is 79.9 cm³/mol. The van der Waals surface area contributed by atoms with Crippen LogP contribution in [0, 0.1) is 5.92 Å². The lowest BCUT2D eigenvalue weighted by Crippen LogP contribution is -2.25. The summed E-state index contributed by atoms with van der Waals surface area (Å²) in [6, 6.07) is 5.20. The Labute approximate surface area is 117 Å².